The van der Waals surface area contributed by atoms with Crippen molar-refractivity contribution in [1.29, 1.82) is 0 Å². The number of benzene rings is 1. The Morgan fingerprint density at radius 1 is 1.35 bits per heavy atom. The minimum Gasteiger partial charge on any atom is -0.308 e. The van der Waals surface area contributed by atoms with E-state index in [9.17, 15) is 17.6 Å². The zero-order valence-electron chi connectivity index (χ0n) is 17.5. The first-order chi connectivity index (χ1) is 14.6. The van der Waals surface area contributed by atoms with Crippen LogP contribution in [-0.2, 0) is 14.8 Å². The van der Waals surface area contributed by atoms with Crippen molar-refractivity contribution in [2.24, 2.45) is 0 Å². The molecule has 1 saturated heterocycles. The Labute approximate surface area is 191 Å². The maximum Gasteiger partial charge on any atom is 0.245 e. The molecule has 0 radical (unpaired) electrons. The largest absolute Gasteiger partial charge is 0.308 e. The van der Waals surface area contributed by atoms with Gasteiger partial charge in [0.1, 0.15) is 11.9 Å². The molecule has 1 aliphatic rings. The lowest BCUT2D eigenvalue weighted by Crippen LogP contribution is -2.40. The van der Waals surface area contributed by atoms with Gasteiger partial charge in [0.25, 0.3) is 0 Å². The molecule has 168 valence electrons. The van der Waals surface area contributed by atoms with Gasteiger partial charge in [-0.15, -0.1) is 11.3 Å². The van der Waals surface area contributed by atoms with E-state index in [0.29, 0.717) is 9.21 Å². The fourth-order valence-corrected chi connectivity index (χ4v) is 5.76. The number of nitrogens with one attached hydrogen (secondary N) is 1. The van der Waals surface area contributed by atoms with Gasteiger partial charge in [-0.25, -0.2) is 12.8 Å². The number of hydrogen-bond donors (Lipinski definition) is 1. The molecule has 0 saturated carbocycles. The number of sulfonamides is 1. The molecule has 1 amide bonds. The topological polar surface area (TPSA) is 69.7 Å². The maximum absolute atomic E-state index is 14.8. The SMILES string of the molecule is CCC(c1ccc(N2CC[C@H](NS(=O)(=O)/C=C/c3ccc(Cl)s3)C2=O)c(F)c1)N(C)C. The van der Waals surface area contributed by atoms with E-state index in [1.165, 1.54) is 28.4 Å². The van der Waals surface area contributed by atoms with E-state index < -0.39 is 27.8 Å². The third-order valence-electron chi connectivity index (χ3n) is 5.17. The van der Waals surface area contributed by atoms with E-state index in [0.717, 1.165) is 17.4 Å². The molecule has 1 N–H and O–H groups in total. The average molecular weight is 486 g/mol. The van der Waals surface area contributed by atoms with Crippen LogP contribution in [0.1, 0.15) is 36.2 Å². The quantitative estimate of drug-likeness (QED) is 0.607. The summed E-state index contributed by atoms with van der Waals surface area (Å²) in [7, 11) is 0.0182. The highest BCUT2D eigenvalue weighted by molar-refractivity contribution is 7.92. The number of halogens is 2. The van der Waals surface area contributed by atoms with Gasteiger partial charge in [0.15, 0.2) is 0 Å². The summed E-state index contributed by atoms with van der Waals surface area (Å²) in [5, 5.41) is 1.01. The summed E-state index contributed by atoms with van der Waals surface area (Å²) in [6.45, 7) is 2.26. The fourth-order valence-electron chi connectivity index (χ4n) is 3.69. The zero-order valence-corrected chi connectivity index (χ0v) is 19.9. The predicted molar refractivity (Wildman–Crippen MR) is 124 cm³/mol. The summed E-state index contributed by atoms with van der Waals surface area (Å²) < 4.78 is 42.5. The van der Waals surface area contributed by atoms with Crippen LogP contribution in [0.5, 0.6) is 0 Å². The standard InChI is InChI=1S/C21H25ClFN3O3S2/c1-4-18(25(2)3)14-5-7-19(16(23)13-14)26-11-9-17(21(26)27)24-31(28,29)12-10-15-6-8-20(22)30-15/h5-8,10,12-13,17-18,24H,4,9,11H2,1-3H3/b12-10+/t17-,18?/m0/s1. The smallest absolute Gasteiger partial charge is 0.245 e. The van der Waals surface area contributed by atoms with Crippen molar-refractivity contribution in [1.82, 2.24) is 9.62 Å². The molecule has 3 rings (SSSR count). The first kappa shape index (κ1) is 23.9. The second-order valence-electron chi connectivity index (χ2n) is 7.54. The molecule has 1 aliphatic heterocycles. The van der Waals surface area contributed by atoms with Gasteiger partial charge in [-0.2, -0.15) is 4.72 Å². The molecule has 0 spiro atoms. The molecule has 1 aromatic carbocycles. The summed E-state index contributed by atoms with van der Waals surface area (Å²) in [6, 6.07) is 7.36. The molecule has 2 heterocycles. The predicted octanol–water partition coefficient (Wildman–Crippen LogP) is 4.25. The fraction of sp³-hybridized carbons (Fsp3) is 0.381. The average Bonchev–Trinajstić information content (AvgIpc) is 3.27. The van der Waals surface area contributed by atoms with Crippen LogP contribution in [0.25, 0.3) is 6.08 Å². The Bertz CT molecular complexity index is 1090. The molecule has 0 bridgehead atoms. The van der Waals surface area contributed by atoms with Gasteiger partial charge in [0.2, 0.25) is 15.9 Å². The monoisotopic (exact) mass is 485 g/mol. The van der Waals surface area contributed by atoms with Crippen LogP contribution in [0.15, 0.2) is 35.7 Å². The van der Waals surface area contributed by atoms with E-state index in [1.807, 2.05) is 32.0 Å². The van der Waals surface area contributed by atoms with E-state index in [2.05, 4.69) is 4.72 Å². The molecule has 2 aromatic rings. The summed E-state index contributed by atoms with van der Waals surface area (Å²) in [5.74, 6) is -0.966. The van der Waals surface area contributed by atoms with Crippen LogP contribution < -0.4 is 9.62 Å². The van der Waals surface area contributed by atoms with Crippen molar-refractivity contribution in [2.75, 3.05) is 25.5 Å². The van der Waals surface area contributed by atoms with E-state index in [-0.39, 0.29) is 24.7 Å². The highest BCUT2D eigenvalue weighted by Gasteiger charge is 2.36. The van der Waals surface area contributed by atoms with Gasteiger partial charge in [-0.3, -0.25) is 4.79 Å². The van der Waals surface area contributed by atoms with Crippen molar-refractivity contribution in [2.45, 2.75) is 31.8 Å². The highest BCUT2D eigenvalue weighted by Crippen LogP contribution is 2.30. The molecule has 2 atom stereocenters. The van der Waals surface area contributed by atoms with Crippen LogP contribution in [-0.4, -0.2) is 45.9 Å². The third kappa shape index (κ3) is 5.72. The lowest BCUT2D eigenvalue weighted by atomic mass is 10.0. The summed E-state index contributed by atoms with van der Waals surface area (Å²) >= 11 is 7.08. The molecular formula is C21H25ClFN3O3S2. The number of hydrogen-bond acceptors (Lipinski definition) is 5. The van der Waals surface area contributed by atoms with Gasteiger partial charge < -0.3 is 9.80 Å². The molecule has 1 aromatic heterocycles. The van der Waals surface area contributed by atoms with E-state index >= 15 is 0 Å². The first-order valence-electron chi connectivity index (χ1n) is 9.84. The Hall–Kier alpha value is -1.78. The number of amides is 1. The Morgan fingerprint density at radius 2 is 2.10 bits per heavy atom. The van der Waals surface area contributed by atoms with Crippen LogP contribution >= 0.6 is 22.9 Å². The second kappa shape index (κ2) is 9.79. The molecular weight excluding hydrogens is 461 g/mol. The van der Waals surface area contributed by atoms with Crippen LogP contribution in [0.4, 0.5) is 10.1 Å². The molecule has 1 unspecified atom stereocenters. The van der Waals surface area contributed by atoms with Crippen LogP contribution in [0.3, 0.4) is 0 Å². The minimum atomic E-state index is -3.85. The second-order valence-corrected chi connectivity index (χ2v) is 10.9. The molecule has 6 nitrogen and oxygen atoms in total. The van der Waals surface area contributed by atoms with Gasteiger partial charge in [0.05, 0.1) is 10.0 Å². The normalized spacial score (nSPS) is 18.5. The lowest BCUT2D eigenvalue weighted by Gasteiger charge is -2.25. The van der Waals surface area contributed by atoms with Gasteiger partial charge in [-0.1, -0.05) is 24.6 Å². The third-order valence-corrected chi connectivity index (χ3v) is 7.48. The van der Waals surface area contributed by atoms with Crippen molar-refractivity contribution >= 4 is 50.6 Å². The first-order valence-corrected chi connectivity index (χ1v) is 12.6. The zero-order chi connectivity index (χ0) is 22.8. The number of carbonyl (C=O) groups excluding carboxylic acids is 1. The van der Waals surface area contributed by atoms with E-state index in [1.54, 1.807) is 18.2 Å². The number of thiophene rings is 1. The van der Waals surface area contributed by atoms with Crippen molar-refractivity contribution < 1.29 is 17.6 Å². The van der Waals surface area contributed by atoms with Crippen LogP contribution in [0.2, 0.25) is 4.34 Å². The Kier molecular flexibility index (Phi) is 7.54. The lowest BCUT2D eigenvalue weighted by molar-refractivity contribution is -0.118. The van der Waals surface area contributed by atoms with Crippen molar-refractivity contribution in [3.63, 3.8) is 0 Å². The van der Waals surface area contributed by atoms with Crippen LogP contribution in [0, 0.1) is 5.82 Å². The number of rotatable bonds is 8. The van der Waals surface area contributed by atoms with Gasteiger partial charge in [-0.05, 0) is 62.8 Å². The molecule has 1 fully saturated rings. The Balaban J connectivity index is 1.71. The molecule has 10 heteroatoms. The Morgan fingerprint density at radius 3 is 2.68 bits per heavy atom. The maximum atomic E-state index is 14.8. The summed E-state index contributed by atoms with van der Waals surface area (Å²) in [4.78, 5) is 16.8. The van der Waals surface area contributed by atoms with E-state index in [4.69, 9.17) is 11.6 Å². The number of nitrogens with zero attached hydrogens (tertiary/aromatic N) is 2. The molecule has 0 aliphatic carbocycles. The van der Waals surface area contributed by atoms with Gasteiger partial charge in [0, 0.05) is 22.9 Å². The number of carbonyl (C=O) groups is 1. The van der Waals surface area contributed by atoms with Crippen molar-refractivity contribution in [3.8, 4) is 0 Å². The van der Waals surface area contributed by atoms with Gasteiger partial charge >= 0.3 is 0 Å². The summed E-state index contributed by atoms with van der Waals surface area (Å²) in [6.07, 6.45) is 2.50. The minimum absolute atomic E-state index is 0.0717. The van der Waals surface area contributed by atoms with Crippen molar-refractivity contribution in [3.05, 3.63) is 56.3 Å². The number of anilines is 1. The molecule has 31 heavy (non-hydrogen) atoms. The summed E-state index contributed by atoms with van der Waals surface area (Å²) in [5.41, 5.74) is 0.990. The highest BCUT2D eigenvalue weighted by atomic mass is 35.5.